The van der Waals surface area contributed by atoms with Crippen molar-refractivity contribution in [2.24, 2.45) is 0 Å². The molecule has 0 unspecified atom stereocenters. The lowest BCUT2D eigenvalue weighted by atomic mass is 10.1. The highest BCUT2D eigenvalue weighted by molar-refractivity contribution is 6.01. The molecule has 2 aliphatic heterocycles. The average Bonchev–Trinajstić information content (AvgIpc) is 3.23. The Balaban J connectivity index is 1.57. The molecule has 0 radical (unpaired) electrons. The van der Waals surface area contributed by atoms with Gasteiger partial charge in [0.1, 0.15) is 5.82 Å². The number of imide groups is 1. The first-order valence-electron chi connectivity index (χ1n) is 8.47. The molecule has 2 fully saturated rings. The van der Waals surface area contributed by atoms with Crippen LogP contribution in [0.3, 0.4) is 0 Å². The molecule has 134 valence electrons. The number of nitrogens with one attached hydrogen (secondary N) is 2. The van der Waals surface area contributed by atoms with Crippen LogP contribution >= 0.6 is 0 Å². The van der Waals surface area contributed by atoms with Gasteiger partial charge >= 0.3 is 6.03 Å². The minimum absolute atomic E-state index is 0.0196. The lowest BCUT2D eigenvalue weighted by Crippen LogP contribution is -2.34. The summed E-state index contributed by atoms with van der Waals surface area (Å²) in [7, 11) is 1.78. The van der Waals surface area contributed by atoms with Gasteiger partial charge in [-0.05, 0) is 19.3 Å². The van der Waals surface area contributed by atoms with Crippen molar-refractivity contribution in [3.05, 3.63) is 18.1 Å². The van der Waals surface area contributed by atoms with Gasteiger partial charge in [-0.2, -0.15) is 0 Å². The Labute approximate surface area is 145 Å². The lowest BCUT2D eigenvalue weighted by Gasteiger charge is -2.24. The average molecular weight is 346 g/mol. The molecule has 25 heavy (non-hydrogen) atoms. The summed E-state index contributed by atoms with van der Waals surface area (Å²) in [5.74, 6) is 0.456. The van der Waals surface area contributed by atoms with Crippen molar-refractivity contribution >= 4 is 23.7 Å². The summed E-state index contributed by atoms with van der Waals surface area (Å²) >= 11 is 0. The third-order valence-corrected chi connectivity index (χ3v) is 4.53. The van der Waals surface area contributed by atoms with E-state index in [1.165, 1.54) is 0 Å². The van der Waals surface area contributed by atoms with E-state index in [0.29, 0.717) is 25.2 Å². The third-order valence-electron chi connectivity index (χ3n) is 4.53. The number of nitrogens with zero attached hydrogens (tertiary/aromatic N) is 4. The smallest absolute Gasteiger partial charge is 0.324 e. The number of aromatic nitrogens is 2. The maximum atomic E-state index is 12.6. The van der Waals surface area contributed by atoms with E-state index in [0.717, 1.165) is 23.4 Å². The van der Waals surface area contributed by atoms with Crippen LogP contribution in [0.4, 0.5) is 10.6 Å². The minimum atomic E-state index is -0.379. The lowest BCUT2D eigenvalue weighted by molar-refractivity contribution is -0.133. The standard InChI is InChI=1S/C16H22N6O3/c1-17-13-9-18-8-11(20-13)12-4-2-6-21(12)14(23)5-3-7-22-15(24)10-19-16(22)25/h8-9,12H,2-7,10H2,1H3,(H,17,20)(H,19,25)/t12-/m0/s1. The molecule has 0 aliphatic carbocycles. The van der Waals surface area contributed by atoms with E-state index in [2.05, 4.69) is 20.6 Å². The molecule has 2 N–H and O–H groups in total. The Kier molecular flexibility index (Phi) is 5.11. The Bertz CT molecular complexity index is 664. The van der Waals surface area contributed by atoms with Crippen molar-refractivity contribution < 1.29 is 14.4 Å². The second kappa shape index (κ2) is 7.45. The fraction of sp³-hybridized carbons (Fsp3) is 0.562. The van der Waals surface area contributed by atoms with Crippen molar-refractivity contribution in [1.82, 2.24) is 25.1 Å². The maximum absolute atomic E-state index is 12.6. The van der Waals surface area contributed by atoms with E-state index < -0.39 is 0 Å². The molecule has 0 spiro atoms. The highest BCUT2D eigenvalue weighted by Crippen LogP contribution is 2.31. The van der Waals surface area contributed by atoms with Crippen molar-refractivity contribution in [3.63, 3.8) is 0 Å². The van der Waals surface area contributed by atoms with Crippen LogP contribution in [-0.4, -0.2) is 64.3 Å². The Morgan fingerprint density at radius 2 is 2.24 bits per heavy atom. The second-order valence-corrected chi connectivity index (χ2v) is 6.13. The molecule has 3 rings (SSSR count). The highest BCUT2D eigenvalue weighted by atomic mass is 16.2. The maximum Gasteiger partial charge on any atom is 0.324 e. The first kappa shape index (κ1) is 17.1. The fourth-order valence-electron chi connectivity index (χ4n) is 3.25. The number of anilines is 1. The molecule has 2 aliphatic rings. The molecule has 1 atom stereocenters. The van der Waals surface area contributed by atoms with Crippen LogP contribution < -0.4 is 10.6 Å². The zero-order chi connectivity index (χ0) is 17.8. The number of amides is 4. The first-order chi connectivity index (χ1) is 12.1. The van der Waals surface area contributed by atoms with Gasteiger partial charge < -0.3 is 15.5 Å². The quantitative estimate of drug-likeness (QED) is 0.727. The molecule has 0 aromatic carbocycles. The molecule has 0 bridgehead atoms. The van der Waals surface area contributed by atoms with E-state index in [-0.39, 0.29) is 37.0 Å². The van der Waals surface area contributed by atoms with E-state index in [1.807, 2.05) is 4.90 Å². The van der Waals surface area contributed by atoms with Gasteiger partial charge in [-0.15, -0.1) is 0 Å². The molecule has 2 saturated heterocycles. The third kappa shape index (κ3) is 3.70. The summed E-state index contributed by atoms with van der Waals surface area (Å²) in [5.41, 5.74) is 0.784. The van der Waals surface area contributed by atoms with Gasteiger partial charge in [-0.3, -0.25) is 19.5 Å². The Morgan fingerprint density at radius 1 is 1.40 bits per heavy atom. The van der Waals surface area contributed by atoms with E-state index >= 15 is 0 Å². The molecule has 1 aromatic heterocycles. The van der Waals surface area contributed by atoms with Gasteiger partial charge in [0, 0.05) is 26.6 Å². The number of carbonyl (C=O) groups excluding carboxylic acids is 3. The highest BCUT2D eigenvalue weighted by Gasteiger charge is 2.32. The zero-order valence-electron chi connectivity index (χ0n) is 14.2. The molecule has 9 heteroatoms. The summed E-state index contributed by atoms with van der Waals surface area (Å²) < 4.78 is 0. The number of carbonyl (C=O) groups is 3. The topological polar surface area (TPSA) is 108 Å². The summed E-state index contributed by atoms with van der Waals surface area (Å²) in [5, 5.41) is 5.43. The van der Waals surface area contributed by atoms with Crippen LogP contribution in [0.2, 0.25) is 0 Å². The van der Waals surface area contributed by atoms with Crippen LogP contribution in [0.15, 0.2) is 12.4 Å². The largest absolute Gasteiger partial charge is 0.372 e. The predicted octanol–water partition coefficient (Wildman–Crippen LogP) is 0.514. The molecular weight excluding hydrogens is 324 g/mol. The van der Waals surface area contributed by atoms with Crippen molar-refractivity contribution in [2.45, 2.75) is 31.7 Å². The normalized spacial score (nSPS) is 20.1. The molecule has 4 amide bonds. The number of urea groups is 1. The predicted molar refractivity (Wildman–Crippen MR) is 89.6 cm³/mol. The minimum Gasteiger partial charge on any atom is -0.372 e. The van der Waals surface area contributed by atoms with E-state index in [9.17, 15) is 14.4 Å². The molecule has 1 aromatic rings. The second-order valence-electron chi connectivity index (χ2n) is 6.13. The monoisotopic (exact) mass is 346 g/mol. The van der Waals surface area contributed by atoms with Crippen LogP contribution in [0.25, 0.3) is 0 Å². The van der Waals surface area contributed by atoms with Crippen LogP contribution in [0, 0.1) is 0 Å². The van der Waals surface area contributed by atoms with Crippen molar-refractivity contribution in [2.75, 3.05) is 32.0 Å². The fourth-order valence-corrected chi connectivity index (χ4v) is 3.25. The number of rotatable bonds is 6. The zero-order valence-corrected chi connectivity index (χ0v) is 14.2. The molecule has 0 saturated carbocycles. The van der Waals surface area contributed by atoms with Crippen LogP contribution in [0.1, 0.15) is 37.4 Å². The molecule has 3 heterocycles. The van der Waals surface area contributed by atoms with E-state index in [1.54, 1.807) is 19.4 Å². The molecular formula is C16H22N6O3. The summed E-state index contributed by atoms with van der Waals surface area (Å²) in [4.78, 5) is 47.3. The van der Waals surface area contributed by atoms with Crippen molar-refractivity contribution in [1.29, 1.82) is 0 Å². The van der Waals surface area contributed by atoms with Crippen molar-refractivity contribution in [3.8, 4) is 0 Å². The van der Waals surface area contributed by atoms with Gasteiger partial charge in [-0.25, -0.2) is 9.78 Å². The summed E-state index contributed by atoms with van der Waals surface area (Å²) in [6.45, 7) is 1.00. The number of hydrogen-bond donors (Lipinski definition) is 2. The molecule has 9 nitrogen and oxygen atoms in total. The van der Waals surface area contributed by atoms with Gasteiger partial charge in [0.2, 0.25) is 11.8 Å². The number of likely N-dealkylation sites (tertiary alicyclic amines) is 1. The summed E-state index contributed by atoms with van der Waals surface area (Å²) in [6, 6.07) is -0.444. The Hall–Kier alpha value is -2.71. The number of hydrogen-bond acceptors (Lipinski definition) is 6. The van der Waals surface area contributed by atoms with Gasteiger partial charge in [0.15, 0.2) is 0 Å². The summed E-state index contributed by atoms with van der Waals surface area (Å²) in [6.07, 6.45) is 5.89. The van der Waals surface area contributed by atoms with Gasteiger partial charge in [0.05, 0.1) is 30.7 Å². The van der Waals surface area contributed by atoms with Crippen LogP contribution in [-0.2, 0) is 9.59 Å². The van der Waals surface area contributed by atoms with Crippen LogP contribution in [0.5, 0.6) is 0 Å². The Morgan fingerprint density at radius 3 is 2.96 bits per heavy atom. The van der Waals surface area contributed by atoms with Gasteiger partial charge in [0.25, 0.3) is 0 Å². The first-order valence-corrected chi connectivity index (χ1v) is 8.47. The SMILES string of the molecule is CNc1cncc([C@@H]2CCCN2C(=O)CCCN2C(=O)CNC2=O)n1. The van der Waals surface area contributed by atoms with E-state index in [4.69, 9.17) is 0 Å². The van der Waals surface area contributed by atoms with Gasteiger partial charge in [-0.1, -0.05) is 0 Å².